The number of carbonyl (C=O) groups excluding carboxylic acids is 2. The van der Waals surface area contributed by atoms with Crippen LogP contribution in [0.1, 0.15) is 31.7 Å². The molecule has 0 radical (unpaired) electrons. The van der Waals surface area contributed by atoms with Gasteiger partial charge in [0, 0.05) is 22.0 Å². The summed E-state index contributed by atoms with van der Waals surface area (Å²) >= 11 is 6.79. The molecule has 156 valence electrons. The standard InChI is InChI=1S/C20H20ClF3N2O2S/c1-2-3-7-18(27)25-14-5-4-6-15(11-14)29-12-19(28)26-17-9-8-13(21)10-16(17)20(22,23)24/h4-6,8-11H,2-3,7,12H2,1H3,(H,25,27)(H,26,28). The molecule has 0 aliphatic rings. The number of unbranched alkanes of at least 4 members (excludes halogenated alkanes) is 1. The van der Waals surface area contributed by atoms with Crippen molar-refractivity contribution >= 4 is 46.6 Å². The second-order valence-electron chi connectivity index (χ2n) is 6.20. The topological polar surface area (TPSA) is 58.2 Å². The highest BCUT2D eigenvalue weighted by Crippen LogP contribution is 2.36. The number of alkyl halides is 3. The summed E-state index contributed by atoms with van der Waals surface area (Å²) in [5.41, 5.74) is -0.738. The largest absolute Gasteiger partial charge is 0.418 e. The van der Waals surface area contributed by atoms with E-state index in [0.29, 0.717) is 17.0 Å². The third-order valence-corrected chi connectivity index (χ3v) is 5.04. The highest BCUT2D eigenvalue weighted by molar-refractivity contribution is 8.00. The Morgan fingerprint density at radius 3 is 2.52 bits per heavy atom. The van der Waals surface area contributed by atoms with Gasteiger partial charge in [-0.25, -0.2) is 0 Å². The van der Waals surface area contributed by atoms with Crippen LogP contribution in [0.2, 0.25) is 5.02 Å². The minimum atomic E-state index is -4.63. The van der Waals surface area contributed by atoms with Crippen LogP contribution in [-0.2, 0) is 15.8 Å². The van der Waals surface area contributed by atoms with Crippen LogP contribution in [0.4, 0.5) is 24.5 Å². The molecule has 2 rings (SSSR count). The van der Waals surface area contributed by atoms with Crippen LogP contribution in [0.3, 0.4) is 0 Å². The summed E-state index contributed by atoms with van der Waals surface area (Å²) in [7, 11) is 0. The molecule has 9 heteroatoms. The molecule has 4 nitrogen and oxygen atoms in total. The van der Waals surface area contributed by atoms with Crippen LogP contribution in [0, 0.1) is 0 Å². The Morgan fingerprint density at radius 2 is 1.83 bits per heavy atom. The smallest absolute Gasteiger partial charge is 0.326 e. The molecule has 0 heterocycles. The van der Waals surface area contributed by atoms with E-state index in [1.165, 1.54) is 6.07 Å². The summed E-state index contributed by atoms with van der Waals surface area (Å²) in [5.74, 6) is -0.762. The predicted molar refractivity (Wildman–Crippen MR) is 110 cm³/mol. The van der Waals surface area contributed by atoms with Crippen LogP contribution in [0.25, 0.3) is 0 Å². The van der Waals surface area contributed by atoms with E-state index in [9.17, 15) is 22.8 Å². The molecule has 29 heavy (non-hydrogen) atoms. The van der Waals surface area contributed by atoms with Gasteiger partial charge in [-0.2, -0.15) is 13.2 Å². The first-order valence-electron chi connectivity index (χ1n) is 8.88. The first-order valence-corrected chi connectivity index (χ1v) is 10.2. The fourth-order valence-electron chi connectivity index (χ4n) is 2.42. The lowest BCUT2D eigenvalue weighted by Gasteiger charge is -2.14. The molecule has 0 saturated carbocycles. The molecule has 2 amide bonds. The third-order valence-electron chi connectivity index (χ3n) is 3.81. The normalized spacial score (nSPS) is 11.2. The molecule has 2 aromatic carbocycles. The van der Waals surface area contributed by atoms with Gasteiger partial charge in [0.15, 0.2) is 0 Å². The van der Waals surface area contributed by atoms with Gasteiger partial charge in [-0.15, -0.1) is 11.8 Å². The number of carbonyl (C=O) groups is 2. The second-order valence-corrected chi connectivity index (χ2v) is 7.69. The lowest BCUT2D eigenvalue weighted by atomic mass is 10.1. The molecule has 2 N–H and O–H groups in total. The van der Waals surface area contributed by atoms with E-state index >= 15 is 0 Å². The van der Waals surface area contributed by atoms with E-state index in [0.717, 1.165) is 36.7 Å². The Balaban J connectivity index is 1.97. The van der Waals surface area contributed by atoms with Crippen LogP contribution in [0.5, 0.6) is 0 Å². The first kappa shape index (κ1) is 23.1. The number of rotatable bonds is 8. The zero-order valence-corrected chi connectivity index (χ0v) is 17.2. The molecule has 0 aromatic heterocycles. The van der Waals surface area contributed by atoms with E-state index < -0.39 is 17.6 Å². The van der Waals surface area contributed by atoms with Gasteiger partial charge in [0.1, 0.15) is 0 Å². The van der Waals surface area contributed by atoms with Crippen molar-refractivity contribution in [1.29, 1.82) is 0 Å². The summed E-state index contributed by atoms with van der Waals surface area (Å²) in [6.45, 7) is 2.00. The number of nitrogens with one attached hydrogen (secondary N) is 2. The molecule has 0 saturated heterocycles. The maximum Gasteiger partial charge on any atom is 0.418 e. The number of thioether (sulfide) groups is 1. The molecular formula is C20H20ClF3N2O2S. The van der Waals surface area contributed by atoms with E-state index in [1.807, 2.05) is 6.92 Å². The van der Waals surface area contributed by atoms with Crippen molar-refractivity contribution in [3.8, 4) is 0 Å². The Bertz CT molecular complexity index is 875. The summed E-state index contributed by atoms with van der Waals surface area (Å²) in [4.78, 5) is 24.6. The van der Waals surface area contributed by atoms with Gasteiger partial charge < -0.3 is 10.6 Å². The molecule has 0 aliphatic heterocycles. The molecule has 0 unspecified atom stereocenters. The van der Waals surface area contributed by atoms with Crippen molar-refractivity contribution in [3.63, 3.8) is 0 Å². The van der Waals surface area contributed by atoms with Crippen LogP contribution in [-0.4, -0.2) is 17.6 Å². The fraction of sp³-hybridized carbons (Fsp3) is 0.300. The van der Waals surface area contributed by atoms with Gasteiger partial charge in [0.25, 0.3) is 0 Å². The lowest BCUT2D eigenvalue weighted by molar-refractivity contribution is -0.137. The summed E-state index contributed by atoms with van der Waals surface area (Å²) < 4.78 is 39.3. The van der Waals surface area contributed by atoms with Crippen LogP contribution in [0.15, 0.2) is 47.4 Å². The van der Waals surface area contributed by atoms with E-state index in [1.54, 1.807) is 24.3 Å². The number of hydrogen-bond acceptors (Lipinski definition) is 3. The van der Waals surface area contributed by atoms with Gasteiger partial charge in [-0.3, -0.25) is 9.59 Å². The Hall–Kier alpha value is -2.19. The third kappa shape index (κ3) is 7.62. The van der Waals surface area contributed by atoms with E-state index in [2.05, 4.69) is 10.6 Å². The maximum absolute atomic E-state index is 13.1. The van der Waals surface area contributed by atoms with E-state index in [4.69, 9.17) is 11.6 Å². The predicted octanol–water partition coefficient (Wildman–Crippen LogP) is 6.22. The minimum absolute atomic E-state index is 0.0671. The summed E-state index contributed by atoms with van der Waals surface area (Å²) in [6.07, 6.45) is -2.49. The Labute approximate surface area is 176 Å². The number of benzene rings is 2. The van der Waals surface area contributed by atoms with Crippen molar-refractivity contribution in [2.24, 2.45) is 0 Å². The average Bonchev–Trinajstić information content (AvgIpc) is 2.65. The number of anilines is 2. The number of halogens is 4. The summed E-state index contributed by atoms with van der Waals surface area (Å²) in [5, 5.41) is 4.99. The minimum Gasteiger partial charge on any atom is -0.326 e. The zero-order chi connectivity index (χ0) is 21.4. The van der Waals surface area contributed by atoms with Crippen LogP contribution >= 0.6 is 23.4 Å². The second kappa shape index (κ2) is 10.5. The number of hydrogen-bond donors (Lipinski definition) is 2. The number of amides is 2. The van der Waals surface area contributed by atoms with Crippen molar-refractivity contribution in [1.82, 2.24) is 0 Å². The van der Waals surface area contributed by atoms with Crippen molar-refractivity contribution in [2.75, 3.05) is 16.4 Å². The highest BCUT2D eigenvalue weighted by atomic mass is 35.5. The quantitative estimate of drug-likeness (QED) is 0.475. The molecule has 2 aromatic rings. The van der Waals surface area contributed by atoms with Gasteiger partial charge in [0.2, 0.25) is 11.8 Å². The molecule has 0 aliphatic carbocycles. The molecule has 0 atom stereocenters. The van der Waals surface area contributed by atoms with Crippen LogP contribution < -0.4 is 10.6 Å². The monoisotopic (exact) mass is 444 g/mol. The lowest BCUT2D eigenvalue weighted by Crippen LogP contribution is -2.18. The Morgan fingerprint density at radius 1 is 1.07 bits per heavy atom. The fourth-order valence-corrected chi connectivity index (χ4v) is 3.35. The van der Waals surface area contributed by atoms with Gasteiger partial charge >= 0.3 is 6.18 Å². The highest BCUT2D eigenvalue weighted by Gasteiger charge is 2.34. The molecular weight excluding hydrogens is 425 g/mol. The average molecular weight is 445 g/mol. The van der Waals surface area contributed by atoms with Gasteiger partial charge in [-0.05, 0) is 42.8 Å². The SMILES string of the molecule is CCCCC(=O)Nc1cccc(SCC(=O)Nc2ccc(Cl)cc2C(F)(F)F)c1. The zero-order valence-electron chi connectivity index (χ0n) is 15.6. The van der Waals surface area contributed by atoms with Gasteiger partial charge in [0.05, 0.1) is 17.0 Å². The first-order chi connectivity index (χ1) is 13.7. The summed E-state index contributed by atoms with van der Waals surface area (Å²) in [6, 6.07) is 10.1. The van der Waals surface area contributed by atoms with Crippen molar-refractivity contribution in [2.45, 2.75) is 37.3 Å². The molecule has 0 spiro atoms. The molecule has 0 bridgehead atoms. The van der Waals surface area contributed by atoms with E-state index in [-0.39, 0.29) is 22.4 Å². The maximum atomic E-state index is 13.1. The van der Waals surface area contributed by atoms with Crippen molar-refractivity contribution in [3.05, 3.63) is 53.1 Å². The Kier molecular flexibility index (Phi) is 8.40. The molecule has 0 fully saturated rings. The van der Waals surface area contributed by atoms with Crippen molar-refractivity contribution < 1.29 is 22.8 Å². The van der Waals surface area contributed by atoms with Gasteiger partial charge in [-0.1, -0.05) is 31.0 Å².